The van der Waals surface area contributed by atoms with E-state index >= 15 is 0 Å². The Hall–Kier alpha value is -2.50. The van der Waals surface area contributed by atoms with Crippen LogP contribution in [0.2, 0.25) is 0 Å². The van der Waals surface area contributed by atoms with Gasteiger partial charge in [0, 0.05) is 42.7 Å². The molecular weight excluding hydrogens is 312 g/mol. The second kappa shape index (κ2) is 5.79. The lowest BCUT2D eigenvalue weighted by molar-refractivity contribution is 0.363. The first kappa shape index (κ1) is 16.0. The highest BCUT2D eigenvalue weighted by Crippen LogP contribution is 2.35. The topological polar surface area (TPSA) is 59.7 Å². The molecule has 3 aromatic heterocycles. The molecule has 25 heavy (non-hydrogen) atoms. The Morgan fingerprint density at radius 1 is 1.16 bits per heavy atom. The number of nitrogens with zero attached hydrogens (tertiary/aromatic N) is 6. The molecule has 0 bridgehead atoms. The summed E-state index contributed by atoms with van der Waals surface area (Å²) in [7, 11) is 1.96. The van der Waals surface area contributed by atoms with Gasteiger partial charge in [0.15, 0.2) is 5.65 Å². The molecule has 4 rings (SSSR count). The average molecular weight is 336 g/mol. The SMILES string of the molecule is Cc1cc(N2CCCC(C)(c3ccc4c(C)nn(C)c4n3)C2)ncn1. The van der Waals surface area contributed by atoms with Crippen LogP contribution in [0.4, 0.5) is 5.82 Å². The summed E-state index contributed by atoms with van der Waals surface area (Å²) in [5, 5.41) is 5.63. The van der Waals surface area contributed by atoms with Gasteiger partial charge in [-0.15, -0.1) is 0 Å². The van der Waals surface area contributed by atoms with Crippen LogP contribution in [-0.4, -0.2) is 37.8 Å². The molecule has 1 aliphatic heterocycles. The fourth-order valence-corrected chi connectivity index (χ4v) is 3.90. The molecule has 0 N–H and O–H groups in total. The van der Waals surface area contributed by atoms with Crippen molar-refractivity contribution in [2.24, 2.45) is 7.05 Å². The van der Waals surface area contributed by atoms with E-state index in [1.807, 2.05) is 25.6 Å². The largest absolute Gasteiger partial charge is 0.356 e. The van der Waals surface area contributed by atoms with Crippen LogP contribution in [0.15, 0.2) is 24.5 Å². The quantitative estimate of drug-likeness (QED) is 0.720. The maximum absolute atomic E-state index is 4.98. The minimum absolute atomic E-state index is 0.00344. The number of fused-ring (bicyclic) bond motifs is 1. The normalized spacial score (nSPS) is 21.0. The zero-order valence-corrected chi connectivity index (χ0v) is 15.3. The van der Waals surface area contributed by atoms with Crippen molar-refractivity contribution >= 4 is 16.9 Å². The van der Waals surface area contributed by atoms with Gasteiger partial charge >= 0.3 is 0 Å². The third-order valence-corrected chi connectivity index (χ3v) is 5.30. The molecule has 6 heteroatoms. The number of piperidine rings is 1. The lowest BCUT2D eigenvalue weighted by Gasteiger charge is -2.40. The molecule has 0 aliphatic carbocycles. The van der Waals surface area contributed by atoms with E-state index in [1.165, 1.54) is 0 Å². The molecule has 130 valence electrons. The molecule has 6 nitrogen and oxygen atoms in total. The number of anilines is 1. The predicted molar refractivity (Wildman–Crippen MR) is 98.8 cm³/mol. The molecule has 0 aromatic carbocycles. The van der Waals surface area contributed by atoms with E-state index in [1.54, 1.807) is 6.33 Å². The van der Waals surface area contributed by atoms with Gasteiger partial charge in [-0.25, -0.2) is 15.0 Å². The molecule has 1 fully saturated rings. The summed E-state index contributed by atoms with van der Waals surface area (Å²) in [6.45, 7) is 8.29. The van der Waals surface area contributed by atoms with Gasteiger partial charge < -0.3 is 4.90 Å². The highest BCUT2D eigenvalue weighted by molar-refractivity contribution is 5.78. The molecule has 0 spiro atoms. The Morgan fingerprint density at radius 3 is 2.80 bits per heavy atom. The first-order chi connectivity index (χ1) is 12.0. The molecule has 0 saturated carbocycles. The van der Waals surface area contributed by atoms with Gasteiger partial charge in [-0.3, -0.25) is 4.68 Å². The molecular formula is C19H24N6. The van der Waals surface area contributed by atoms with Gasteiger partial charge in [-0.05, 0) is 38.8 Å². The number of hydrogen-bond donors (Lipinski definition) is 0. The number of pyridine rings is 1. The molecule has 4 heterocycles. The molecule has 1 saturated heterocycles. The first-order valence-corrected chi connectivity index (χ1v) is 8.81. The van der Waals surface area contributed by atoms with Crippen molar-refractivity contribution in [2.45, 2.75) is 39.0 Å². The summed E-state index contributed by atoms with van der Waals surface area (Å²) in [6.07, 6.45) is 3.91. The van der Waals surface area contributed by atoms with Crippen LogP contribution in [0.5, 0.6) is 0 Å². The number of aromatic nitrogens is 5. The molecule has 1 aliphatic rings. The second-order valence-electron chi connectivity index (χ2n) is 7.38. The Morgan fingerprint density at radius 2 is 2.00 bits per heavy atom. The van der Waals surface area contributed by atoms with Gasteiger partial charge in [-0.1, -0.05) is 6.92 Å². The molecule has 1 unspecified atom stereocenters. The monoisotopic (exact) mass is 336 g/mol. The summed E-state index contributed by atoms with van der Waals surface area (Å²) in [4.78, 5) is 16.0. The Bertz CT molecular complexity index is 931. The van der Waals surface area contributed by atoms with Crippen molar-refractivity contribution in [3.8, 4) is 0 Å². The smallest absolute Gasteiger partial charge is 0.158 e. The summed E-state index contributed by atoms with van der Waals surface area (Å²) in [5.41, 5.74) is 4.14. The van der Waals surface area contributed by atoms with Crippen LogP contribution in [0.3, 0.4) is 0 Å². The number of aryl methyl sites for hydroxylation is 3. The fraction of sp³-hybridized carbons (Fsp3) is 0.474. The summed E-state index contributed by atoms with van der Waals surface area (Å²) >= 11 is 0. The lowest BCUT2D eigenvalue weighted by Crippen LogP contribution is -2.45. The molecule has 3 aromatic rings. The summed E-state index contributed by atoms with van der Waals surface area (Å²) < 4.78 is 1.88. The van der Waals surface area contributed by atoms with Crippen LogP contribution in [0.25, 0.3) is 11.0 Å². The third-order valence-electron chi connectivity index (χ3n) is 5.30. The number of hydrogen-bond acceptors (Lipinski definition) is 5. The van der Waals surface area contributed by atoms with Crippen LogP contribution < -0.4 is 4.90 Å². The van der Waals surface area contributed by atoms with Crippen molar-refractivity contribution in [1.82, 2.24) is 24.7 Å². The Balaban J connectivity index is 1.70. The molecule has 1 atom stereocenters. The van der Waals surface area contributed by atoms with Crippen molar-refractivity contribution in [1.29, 1.82) is 0 Å². The second-order valence-corrected chi connectivity index (χ2v) is 7.38. The van der Waals surface area contributed by atoms with Gasteiger partial charge in [0.2, 0.25) is 0 Å². The summed E-state index contributed by atoms with van der Waals surface area (Å²) in [5.74, 6) is 1.01. The minimum atomic E-state index is 0.00344. The van der Waals surface area contributed by atoms with Gasteiger partial charge in [-0.2, -0.15) is 5.10 Å². The van der Waals surface area contributed by atoms with Crippen molar-refractivity contribution in [3.63, 3.8) is 0 Å². The predicted octanol–water partition coefficient (Wildman–Crippen LogP) is 2.93. The Kier molecular flexibility index (Phi) is 3.71. The van der Waals surface area contributed by atoms with E-state index in [4.69, 9.17) is 4.98 Å². The highest BCUT2D eigenvalue weighted by Gasteiger charge is 2.35. The number of rotatable bonds is 2. The van der Waals surface area contributed by atoms with Gasteiger partial charge in [0.05, 0.1) is 11.4 Å². The zero-order valence-electron chi connectivity index (χ0n) is 15.3. The Labute approximate surface area is 147 Å². The first-order valence-electron chi connectivity index (χ1n) is 8.81. The maximum Gasteiger partial charge on any atom is 0.158 e. The molecule has 0 radical (unpaired) electrons. The third kappa shape index (κ3) is 2.75. The molecule has 0 amide bonds. The summed E-state index contributed by atoms with van der Waals surface area (Å²) in [6, 6.07) is 6.40. The lowest BCUT2D eigenvalue weighted by atomic mass is 9.78. The highest BCUT2D eigenvalue weighted by atomic mass is 15.3. The van der Waals surface area contributed by atoms with E-state index in [0.717, 1.165) is 59.9 Å². The van der Waals surface area contributed by atoms with E-state index in [-0.39, 0.29) is 5.41 Å². The van der Waals surface area contributed by atoms with Crippen LogP contribution >= 0.6 is 0 Å². The standard InChI is InChI=1S/C19H24N6/c1-13-10-17(21-12-20-13)25-9-5-8-19(3,11-25)16-7-6-15-14(2)23-24(4)18(15)22-16/h6-7,10,12H,5,8-9,11H2,1-4H3. The van der Waals surface area contributed by atoms with Crippen LogP contribution in [-0.2, 0) is 12.5 Å². The van der Waals surface area contributed by atoms with Crippen LogP contribution in [0.1, 0.15) is 36.8 Å². The average Bonchev–Trinajstić information content (AvgIpc) is 2.89. The van der Waals surface area contributed by atoms with Crippen molar-refractivity contribution in [2.75, 3.05) is 18.0 Å². The zero-order chi connectivity index (χ0) is 17.6. The van der Waals surface area contributed by atoms with Crippen molar-refractivity contribution < 1.29 is 0 Å². The van der Waals surface area contributed by atoms with E-state index in [2.05, 4.69) is 45.1 Å². The van der Waals surface area contributed by atoms with Gasteiger partial charge in [0.1, 0.15) is 12.1 Å². The minimum Gasteiger partial charge on any atom is -0.356 e. The van der Waals surface area contributed by atoms with Crippen molar-refractivity contribution in [3.05, 3.63) is 41.6 Å². The maximum atomic E-state index is 4.98. The van der Waals surface area contributed by atoms with E-state index in [0.29, 0.717) is 0 Å². The van der Waals surface area contributed by atoms with E-state index < -0.39 is 0 Å². The van der Waals surface area contributed by atoms with E-state index in [9.17, 15) is 0 Å². The fourth-order valence-electron chi connectivity index (χ4n) is 3.90. The van der Waals surface area contributed by atoms with Gasteiger partial charge in [0.25, 0.3) is 0 Å². The van der Waals surface area contributed by atoms with Crippen LogP contribution in [0, 0.1) is 13.8 Å².